The Morgan fingerprint density at radius 3 is 2.80 bits per heavy atom. The first-order valence-electron chi connectivity index (χ1n) is 8.68. The summed E-state index contributed by atoms with van der Waals surface area (Å²) in [7, 11) is 1.59. The molecular formula is C18H21N3O4. The molecule has 7 heteroatoms. The summed E-state index contributed by atoms with van der Waals surface area (Å²) in [4.78, 5) is 26.4. The van der Waals surface area contributed by atoms with Gasteiger partial charge in [0.15, 0.2) is 11.5 Å². The predicted octanol–water partition coefficient (Wildman–Crippen LogP) is 1.73. The molecule has 0 N–H and O–H groups in total. The normalized spacial score (nSPS) is 22.8. The fraction of sp³-hybridized carbons (Fsp3) is 0.500. The number of hydrogen-bond donors (Lipinski definition) is 0. The molecule has 3 heterocycles. The lowest BCUT2D eigenvalue weighted by molar-refractivity contribution is -0.130. The van der Waals surface area contributed by atoms with Crippen molar-refractivity contribution in [1.29, 1.82) is 0 Å². The van der Waals surface area contributed by atoms with E-state index in [1.54, 1.807) is 7.05 Å². The van der Waals surface area contributed by atoms with E-state index in [-0.39, 0.29) is 17.9 Å². The third-order valence-corrected chi connectivity index (χ3v) is 4.92. The Hall–Kier alpha value is -2.57. The van der Waals surface area contributed by atoms with E-state index in [9.17, 15) is 9.59 Å². The van der Waals surface area contributed by atoms with Crippen molar-refractivity contribution in [2.24, 2.45) is 5.10 Å². The van der Waals surface area contributed by atoms with Crippen LogP contribution in [0.3, 0.4) is 0 Å². The zero-order valence-corrected chi connectivity index (χ0v) is 14.2. The van der Waals surface area contributed by atoms with Crippen molar-refractivity contribution < 1.29 is 19.1 Å². The van der Waals surface area contributed by atoms with E-state index in [2.05, 4.69) is 5.10 Å². The van der Waals surface area contributed by atoms with Crippen LogP contribution >= 0.6 is 0 Å². The number of fused-ring (bicyclic) bond motifs is 1. The van der Waals surface area contributed by atoms with Gasteiger partial charge >= 0.3 is 0 Å². The molecule has 1 atom stereocenters. The number of carbonyl (C=O) groups is 2. The Bertz CT molecular complexity index is 746. The first-order chi connectivity index (χ1) is 12.1. The average molecular weight is 343 g/mol. The molecule has 0 radical (unpaired) electrons. The van der Waals surface area contributed by atoms with Crippen LogP contribution in [0.4, 0.5) is 0 Å². The Labute approximate surface area is 146 Å². The van der Waals surface area contributed by atoms with Gasteiger partial charge < -0.3 is 14.4 Å². The molecule has 0 spiro atoms. The smallest absolute Gasteiger partial charge is 0.270 e. The monoisotopic (exact) mass is 343 g/mol. The maximum Gasteiger partial charge on any atom is 0.270 e. The highest BCUT2D eigenvalue weighted by Crippen LogP contribution is 2.38. The number of amides is 2. The fourth-order valence-electron chi connectivity index (χ4n) is 3.61. The standard InChI is InChI=1S/C18H21N3O4/c1-20-17(22)7-5-13(19-20)18(23)21-8-2-3-14(21)12-4-6-15-16(11-12)25-10-9-24-15/h4,6,11,14H,2-3,5,7-10H2,1H3. The minimum atomic E-state index is -0.0725. The minimum absolute atomic E-state index is 0.00830. The van der Waals surface area contributed by atoms with E-state index >= 15 is 0 Å². The highest BCUT2D eigenvalue weighted by atomic mass is 16.6. The van der Waals surface area contributed by atoms with Crippen LogP contribution in [0.2, 0.25) is 0 Å². The summed E-state index contributed by atoms with van der Waals surface area (Å²) in [5.74, 6) is 1.36. The quantitative estimate of drug-likeness (QED) is 0.820. The molecular weight excluding hydrogens is 322 g/mol. The van der Waals surface area contributed by atoms with E-state index < -0.39 is 0 Å². The lowest BCUT2D eigenvalue weighted by atomic mass is 10.0. The van der Waals surface area contributed by atoms with Crippen molar-refractivity contribution >= 4 is 17.5 Å². The van der Waals surface area contributed by atoms with Crippen molar-refractivity contribution in [3.8, 4) is 11.5 Å². The molecule has 1 saturated heterocycles. The van der Waals surface area contributed by atoms with Crippen LogP contribution in [0, 0.1) is 0 Å². The number of likely N-dealkylation sites (tertiary alicyclic amines) is 1. The number of rotatable bonds is 2. The lowest BCUT2D eigenvalue weighted by Gasteiger charge is -2.28. The largest absolute Gasteiger partial charge is 0.486 e. The Kier molecular flexibility index (Phi) is 4.07. The molecule has 1 fully saturated rings. The van der Waals surface area contributed by atoms with Crippen LogP contribution in [-0.4, -0.2) is 54.2 Å². The molecule has 0 aliphatic carbocycles. The second kappa shape index (κ2) is 6.38. The van der Waals surface area contributed by atoms with Gasteiger partial charge in [0.1, 0.15) is 18.9 Å². The van der Waals surface area contributed by atoms with Gasteiger partial charge in [-0.3, -0.25) is 9.59 Å². The van der Waals surface area contributed by atoms with Crippen molar-refractivity contribution in [3.63, 3.8) is 0 Å². The van der Waals surface area contributed by atoms with Gasteiger partial charge in [-0.2, -0.15) is 5.10 Å². The predicted molar refractivity (Wildman–Crippen MR) is 90.6 cm³/mol. The van der Waals surface area contributed by atoms with E-state index in [4.69, 9.17) is 9.47 Å². The van der Waals surface area contributed by atoms with Gasteiger partial charge in [-0.05, 0) is 30.5 Å². The lowest BCUT2D eigenvalue weighted by Crippen LogP contribution is -2.40. The Balaban J connectivity index is 1.57. The molecule has 132 valence electrons. The number of ether oxygens (including phenoxy) is 2. The van der Waals surface area contributed by atoms with Gasteiger partial charge in [0.05, 0.1) is 6.04 Å². The van der Waals surface area contributed by atoms with E-state index in [0.717, 1.165) is 29.9 Å². The first-order valence-corrected chi connectivity index (χ1v) is 8.68. The summed E-state index contributed by atoms with van der Waals surface area (Å²) in [6, 6.07) is 5.90. The van der Waals surface area contributed by atoms with Crippen molar-refractivity contribution in [1.82, 2.24) is 9.91 Å². The Morgan fingerprint density at radius 1 is 1.20 bits per heavy atom. The molecule has 2 amide bonds. The molecule has 0 saturated carbocycles. The SMILES string of the molecule is CN1N=C(C(=O)N2CCCC2c2ccc3c(c2)OCCO3)CCC1=O. The molecule has 1 aromatic carbocycles. The van der Waals surface area contributed by atoms with Gasteiger partial charge in [0.25, 0.3) is 5.91 Å². The van der Waals surface area contributed by atoms with E-state index in [0.29, 0.717) is 38.3 Å². The van der Waals surface area contributed by atoms with Gasteiger partial charge in [0, 0.05) is 26.4 Å². The molecule has 4 rings (SSSR count). The molecule has 7 nitrogen and oxygen atoms in total. The van der Waals surface area contributed by atoms with E-state index in [1.165, 1.54) is 5.01 Å². The molecule has 1 aromatic rings. The number of hydrogen-bond acceptors (Lipinski definition) is 5. The first kappa shape index (κ1) is 15.9. The summed E-state index contributed by atoms with van der Waals surface area (Å²) < 4.78 is 11.2. The van der Waals surface area contributed by atoms with Crippen molar-refractivity contribution in [2.75, 3.05) is 26.8 Å². The summed E-state index contributed by atoms with van der Waals surface area (Å²) >= 11 is 0. The molecule has 1 unspecified atom stereocenters. The van der Waals surface area contributed by atoms with Crippen LogP contribution in [0.1, 0.15) is 37.3 Å². The minimum Gasteiger partial charge on any atom is -0.486 e. The number of carbonyl (C=O) groups excluding carboxylic acids is 2. The number of hydrazone groups is 1. The van der Waals surface area contributed by atoms with Crippen LogP contribution in [0.5, 0.6) is 11.5 Å². The van der Waals surface area contributed by atoms with Crippen LogP contribution in [-0.2, 0) is 9.59 Å². The second-order valence-corrected chi connectivity index (χ2v) is 6.52. The van der Waals surface area contributed by atoms with Gasteiger partial charge in [-0.1, -0.05) is 6.07 Å². The zero-order chi connectivity index (χ0) is 17.4. The third kappa shape index (κ3) is 2.94. The molecule has 0 aromatic heterocycles. The van der Waals surface area contributed by atoms with Gasteiger partial charge in [0.2, 0.25) is 5.91 Å². The van der Waals surface area contributed by atoms with Crippen LogP contribution < -0.4 is 9.47 Å². The van der Waals surface area contributed by atoms with Crippen LogP contribution in [0.15, 0.2) is 23.3 Å². The third-order valence-electron chi connectivity index (χ3n) is 4.92. The Morgan fingerprint density at radius 2 is 2.00 bits per heavy atom. The number of benzene rings is 1. The zero-order valence-electron chi connectivity index (χ0n) is 14.2. The second-order valence-electron chi connectivity index (χ2n) is 6.52. The highest BCUT2D eigenvalue weighted by molar-refractivity contribution is 6.39. The van der Waals surface area contributed by atoms with Crippen molar-refractivity contribution in [2.45, 2.75) is 31.7 Å². The molecule has 25 heavy (non-hydrogen) atoms. The molecule has 3 aliphatic heterocycles. The number of nitrogens with zero attached hydrogens (tertiary/aromatic N) is 3. The molecule has 0 bridgehead atoms. The van der Waals surface area contributed by atoms with Crippen molar-refractivity contribution in [3.05, 3.63) is 23.8 Å². The van der Waals surface area contributed by atoms with Gasteiger partial charge in [-0.15, -0.1) is 0 Å². The summed E-state index contributed by atoms with van der Waals surface area (Å²) in [5.41, 5.74) is 1.52. The fourth-order valence-corrected chi connectivity index (χ4v) is 3.61. The highest BCUT2D eigenvalue weighted by Gasteiger charge is 2.34. The maximum absolute atomic E-state index is 12.9. The van der Waals surface area contributed by atoms with Crippen LogP contribution in [0.25, 0.3) is 0 Å². The summed E-state index contributed by atoms with van der Waals surface area (Å²) in [5, 5.41) is 5.44. The molecule has 3 aliphatic rings. The van der Waals surface area contributed by atoms with Gasteiger partial charge in [-0.25, -0.2) is 5.01 Å². The van der Waals surface area contributed by atoms with E-state index in [1.807, 2.05) is 23.1 Å². The topological polar surface area (TPSA) is 71.4 Å². The summed E-state index contributed by atoms with van der Waals surface area (Å²) in [6.07, 6.45) is 2.61. The average Bonchev–Trinajstić information content (AvgIpc) is 3.12. The summed E-state index contributed by atoms with van der Waals surface area (Å²) in [6.45, 7) is 1.81. The maximum atomic E-state index is 12.9.